The van der Waals surface area contributed by atoms with Crippen LogP contribution in [0.15, 0.2) is 0 Å². The van der Waals surface area contributed by atoms with E-state index in [0.717, 1.165) is 6.42 Å². The van der Waals surface area contributed by atoms with Gasteiger partial charge in [-0.25, -0.2) is 0 Å². The van der Waals surface area contributed by atoms with Gasteiger partial charge in [0, 0.05) is 13.5 Å². The van der Waals surface area contributed by atoms with Crippen molar-refractivity contribution in [2.75, 3.05) is 0 Å². The highest BCUT2D eigenvalue weighted by molar-refractivity contribution is 5.81. The molecule has 1 heterocycles. The molecule has 0 spiro atoms. The molecule has 1 aromatic heterocycles. The Labute approximate surface area is 113 Å². The summed E-state index contributed by atoms with van der Waals surface area (Å²) in [6.07, 6.45) is 1.87. The monoisotopic (exact) mass is 267 g/mol. The van der Waals surface area contributed by atoms with Crippen LogP contribution in [0.1, 0.15) is 45.0 Å². The standard InChI is InChI=1S/C13H21N3O3/c1-5-6-11-13(16(18)19)12(15(4)14-11)8-10(17)7-9(2)3/h9H,5-8H2,1-4H3. The topological polar surface area (TPSA) is 78.0 Å². The minimum absolute atomic E-state index is 0.0152. The third-order valence-corrected chi connectivity index (χ3v) is 2.88. The first-order chi connectivity index (χ1) is 8.86. The molecule has 19 heavy (non-hydrogen) atoms. The number of aromatic nitrogens is 2. The molecule has 106 valence electrons. The summed E-state index contributed by atoms with van der Waals surface area (Å²) < 4.78 is 1.47. The van der Waals surface area contributed by atoms with Crippen LogP contribution in [0.25, 0.3) is 0 Å². The number of rotatable bonds is 7. The second-order valence-corrected chi connectivity index (χ2v) is 5.19. The number of nitro groups is 1. The van der Waals surface area contributed by atoms with Gasteiger partial charge in [-0.15, -0.1) is 0 Å². The van der Waals surface area contributed by atoms with Gasteiger partial charge in [-0.2, -0.15) is 5.10 Å². The molecule has 1 aromatic rings. The van der Waals surface area contributed by atoms with Gasteiger partial charge in [-0.3, -0.25) is 19.6 Å². The lowest BCUT2D eigenvalue weighted by molar-refractivity contribution is -0.386. The zero-order valence-electron chi connectivity index (χ0n) is 12.0. The zero-order valence-corrected chi connectivity index (χ0v) is 12.0. The lowest BCUT2D eigenvalue weighted by Gasteiger charge is -2.04. The lowest BCUT2D eigenvalue weighted by Crippen LogP contribution is -2.11. The van der Waals surface area contributed by atoms with Crippen molar-refractivity contribution in [2.24, 2.45) is 13.0 Å². The predicted octanol–water partition coefficient (Wildman–Crippen LogP) is 2.44. The van der Waals surface area contributed by atoms with Crippen molar-refractivity contribution in [3.05, 3.63) is 21.5 Å². The van der Waals surface area contributed by atoms with Gasteiger partial charge in [-0.05, 0) is 12.3 Å². The van der Waals surface area contributed by atoms with Crippen LogP contribution in [0.2, 0.25) is 0 Å². The van der Waals surface area contributed by atoms with Crippen LogP contribution in [-0.2, 0) is 24.7 Å². The Morgan fingerprint density at radius 1 is 1.47 bits per heavy atom. The zero-order chi connectivity index (χ0) is 14.6. The van der Waals surface area contributed by atoms with Gasteiger partial charge in [0.25, 0.3) is 0 Å². The first kappa shape index (κ1) is 15.3. The summed E-state index contributed by atoms with van der Waals surface area (Å²) in [7, 11) is 1.66. The molecule has 0 atom stereocenters. The van der Waals surface area contributed by atoms with Gasteiger partial charge in [-0.1, -0.05) is 27.2 Å². The van der Waals surface area contributed by atoms with Crippen LogP contribution in [0, 0.1) is 16.0 Å². The van der Waals surface area contributed by atoms with Crippen molar-refractivity contribution in [1.82, 2.24) is 9.78 Å². The van der Waals surface area contributed by atoms with Crippen LogP contribution < -0.4 is 0 Å². The molecule has 0 amide bonds. The summed E-state index contributed by atoms with van der Waals surface area (Å²) in [5.41, 5.74) is 0.905. The number of hydrogen-bond acceptors (Lipinski definition) is 4. The van der Waals surface area contributed by atoms with Crippen LogP contribution in [0.4, 0.5) is 5.69 Å². The number of Topliss-reactive ketones (excluding diaryl/α,β-unsaturated/α-hetero) is 1. The molecule has 0 fully saturated rings. The van der Waals surface area contributed by atoms with Gasteiger partial charge < -0.3 is 0 Å². The van der Waals surface area contributed by atoms with Gasteiger partial charge >= 0.3 is 5.69 Å². The Balaban J connectivity index is 3.05. The van der Waals surface area contributed by atoms with E-state index in [2.05, 4.69) is 5.10 Å². The van der Waals surface area contributed by atoms with Crippen LogP contribution >= 0.6 is 0 Å². The lowest BCUT2D eigenvalue weighted by atomic mass is 10.0. The third kappa shape index (κ3) is 3.87. The van der Waals surface area contributed by atoms with E-state index in [-0.39, 0.29) is 23.8 Å². The van der Waals surface area contributed by atoms with E-state index in [1.807, 2.05) is 20.8 Å². The average molecular weight is 267 g/mol. The van der Waals surface area contributed by atoms with E-state index < -0.39 is 4.92 Å². The Morgan fingerprint density at radius 2 is 2.11 bits per heavy atom. The minimum atomic E-state index is -0.421. The molecule has 6 heteroatoms. The molecule has 0 aliphatic carbocycles. The predicted molar refractivity (Wildman–Crippen MR) is 72.0 cm³/mol. The molecule has 6 nitrogen and oxygen atoms in total. The fourth-order valence-electron chi connectivity index (χ4n) is 2.14. The van der Waals surface area contributed by atoms with Crippen molar-refractivity contribution in [3.8, 4) is 0 Å². The third-order valence-electron chi connectivity index (χ3n) is 2.88. The van der Waals surface area contributed by atoms with E-state index in [0.29, 0.717) is 24.2 Å². The molecule has 0 aromatic carbocycles. The van der Waals surface area contributed by atoms with Crippen LogP contribution in [-0.4, -0.2) is 20.5 Å². The number of aryl methyl sites for hydroxylation is 2. The molecule has 0 saturated heterocycles. The van der Waals surface area contributed by atoms with Gasteiger partial charge in [0.05, 0.1) is 11.3 Å². The maximum Gasteiger partial charge on any atom is 0.313 e. The maximum absolute atomic E-state index is 11.9. The maximum atomic E-state index is 11.9. The fraction of sp³-hybridized carbons (Fsp3) is 0.692. The summed E-state index contributed by atoms with van der Waals surface area (Å²) in [6.45, 7) is 5.86. The highest BCUT2D eigenvalue weighted by Gasteiger charge is 2.27. The van der Waals surface area contributed by atoms with Crippen molar-refractivity contribution in [1.29, 1.82) is 0 Å². The normalized spacial score (nSPS) is 11.0. The number of carbonyl (C=O) groups is 1. The van der Waals surface area contributed by atoms with E-state index in [9.17, 15) is 14.9 Å². The summed E-state index contributed by atoms with van der Waals surface area (Å²) in [5.74, 6) is 0.277. The van der Waals surface area contributed by atoms with Crippen molar-refractivity contribution in [2.45, 2.75) is 46.5 Å². The summed E-state index contributed by atoms with van der Waals surface area (Å²) in [4.78, 5) is 22.6. The van der Waals surface area contributed by atoms with E-state index in [4.69, 9.17) is 0 Å². The molecule has 0 bridgehead atoms. The number of nitrogens with zero attached hydrogens (tertiary/aromatic N) is 3. The Kier molecular flexibility index (Phi) is 5.20. The van der Waals surface area contributed by atoms with Crippen LogP contribution in [0.5, 0.6) is 0 Å². The molecule has 0 unspecified atom stereocenters. The quantitative estimate of drug-likeness (QED) is 0.561. The SMILES string of the molecule is CCCc1nn(C)c(CC(=O)CC(C)C)c1[N+](=O)[O-]. The Bertz CT molecular complexity index is 478. The minimum Gasteiger partial charge on any atom is -0.299 e. The fourth-order valence-corrected chi connectivity index (χ4v) is 2.14. The molecule has 0 N–H and O–H groups in total. The second-order valence-electron chi connectivity index (χ2n) is 5.19. The molecular formula is C13H21N3O3. The number of hydrogen-bond donors (Lipinski definition) is 0. The van der Waals surface area contributed by atoms with Crippen molar-refractivity contribution in [3.63, 3.8) is 0 Å². The van der Waals surface area contributed by atoms with Gasteiger partial charge in [0.15, 0.2) is 0 Å². The number of ketones is 1. The first-order valence-corrected chi connectivity index (χ1v) is 6.57. The summed E-state index contributed by atoms with van der Waals surface area (Å²) in [5, 5.41) is 15.4. The molecule has 0 radical (unpaired) electrons. The van der Waals surface area contributed by atoms with E-state index in [1.54, 1.807) is 7.05 Å². The number of carbonyl (C=O) groups excluding carboxylic acids is 1. The summed E-state index contributed by atoms with van der Waals surface area (Å²) in [6, 6.07) is 0. The molecule has 0 aliphatic heterocycles. The van der Waals surface area contributed by atoms with Gasteiger partial charge in [0.2, 0.25) is 0 Å². The second kappa shape index (κ2) is 6.45. The summed E-state index contributed by atoms with van der Waals surface area (Å²) >= 11 is 0. The Hall–Kier alpha value is -1.72. The van der Waals surface area contributed by atoms with E-state index in [1.165, 1.54) is 4.68 Å². The van der Waals surface area contributed by atoms with Crippen molar-refractivity contribution < 1.29 is 9.72 Å². The van der Waals surface area contributed by atoms with Gasteiger partial charge in [0.1, 0.15) is 17.2 Å². The highest BCUT2D eigenvalue weighted by Crippen LogP contribution is 2.25. The molecular weight excluding hydrogens is 246 g/mol. The molecule has 0 aliphatic rings. The van der Waals surface area contributed by atoms with Crippen LogP contribution in [0.3, 0.4) is 0 Å². The Morgan fingerprint density at radius 3 is 2.58 bits per heavy atom. The molecule has 0 saturated carbocycles. The first-order valence-electron chi connectivity index (χ1n) is 6.57. The highest BCUT2D eigenvalue weighted by atomic mass is 16.6. The smallest absolute Gasteiger partial charge is 0.299 e. The van der Waals surface area contributed by atoms with Crippen molar-refractivity contribution >= 4 is 11.5 Å². The van der Waals surface area contributed by atoms with E-state index >= 15 is 0 Å². The largest absolute Gasteiger partial charge is 0.313 e. The average Bonchev–Trinajstić information content (AvgIpc) is 2.54. The molecule has 1 rings (SSSR count).